The third-order valence-corrected chi connectivity index (χ3v) is 2.64. The first-order chi connectivity index (χ1) is 8.80. The number of aromatic nitrogens is 1. The molecule has 1 aromatic carbocycles. The number of carboxylic acid groups (broad SMARTS) is 1. The van der Waals surface area contributed by atoms with Gasteiger partial charge in [0.1, 0.15) is 11.5 Å². The van der Waals surface area contributed by atoms with Crippen molar-refractivity contribution in [2.45, 2.75) is 26.2 Å². The third kappa shape index (κ3) is 2.50. The summed E-state index contributed by atoms with van der Waals surface area (Å²) in [5.41, 5.74) is -0.0421. The van der Waals surface area contributed by atoms with Gasteiger partial charge in [-0.05, 0) is 12.1 Å². The number of carbonyl (C=O) groups is 1. The zero-order valence-corrected chi connectivity index (χ0v) is 10.9. The van der Waals surface area contributed by atoms with E-state index in [0.717, 1.165) is 0 Å². The highest BCUT2D eigenvalue weighted by atomic mass is 19.1. The van der Waals surface area contributed by atoms with Crippen LogP contribution >= 0.6 is 0 Å². The molecule has 0 saturated heterocycles. The zero-order valence-electron chi connectivity index (χ0n) is 10.9. The summed E-state index contributed by atoms with van der Waals surface area (Å²) < 4.78 is 18.9. The molecule has 0 atom stereocenters. The summed E-state index contributed by atoms with van der Waals surface area (Å²) in [4.78, 5) is 15.3. The summed E-state index contributed by atoms with van der Waals surface area (Å²) in [5, 5.41) is 9.13. The van der Waals surface area contributed by atoms with E-state index in [0.29, 0.717) is 5.69 Å². The Morgan fingerprint density at radius 2 is 1.95 bits per heavy atom. The summed E-state index contributed by atoms with van der Waals surface area (Å²) in [6, 6.07) is 5.96. The molecule has 0 radical (unpaired) electrons. The minimum atomic E-state index is -1.21. The van der Waals surface area contributed by atoms with Gasteiger partial charge in [-0.3, -0.25) is 0 Å². The van der Waals surface area contributed by atoms with E-state index in [4.69, 9.17) is 9.52 Å². The van der Waals surface area contributed by atoms with Gasteiger partial charge in [-0.25, -0.2) is 14.2 Å². The van der Waals surface area contributed by atoms with Gasteiger partial charge < -0.3 is 9.52 Å². The van der Waals surface area contributed by atoms with Crippen molar-refractivity contribution in [3.8, 4) is 11.5 Å². The zero-order chi connectivity index (χ0) is 14.2. The molecule has 1 N–H and O–H groups in total. The van der Waals surface area contributed by atoms with Crippen LogP contribution in [-0.2, 0) is 5.41 Å². The molecular formula is C14H14FNO3. The highest BCUT2D eigenvalue weighted by Gasteiger charge is 2.29. The van der Waals surface area contributed by atoms with Crippen LogP contribution in [0.25, 0.3) is 11.5 Å². The van der Waals surface area contributed by atoms with Gasteiger partial charge in [-0.1, -0.05) is 32.9 Å². The van der Waals surface area contributed by atoms with E-state index in [9.17, 15) is 9.18 Å². The number of nitrogens with zero attached hydrogens (tertiary/aromatic N) is 1. The molecule has 0 bridgehead atoms. The predicted octanol–water partition coefficient (Wildman–Crippen LogP) is 3.48. The molecule has 0 aliphatic rings. The van der Waals surface area contributed by atoms with E-state index in [1.54, 1.807) is 12.1 Å². The fraction of sp³-hybridized carbons (Fsp3) is 0.286. The molecule has 2 aromatic rings. The summed E-state index contributed by atoms with van der Waals surface area (Å²) in [6.45, 7) is 5.47. The van der Waals surface area contributed by atoms with Gasteiger partial charge in [-0.15, -0.1) is 0 Å². The smallest absolute Gasteiger partial charge is 0.373 e. The highest BCUT2D eigenvalue weighted by molar-refractivity contribution is 5.86. The van der Waals surface area contributed by atoms with Gasteiger partial charge in [0.15, 0.2) is 0 Å². The van der Waals surface area contributed by atoms with Crippen molar-refractivity contribution in [1.82, 2.24) is 4.98 Å². The SMILES string of the molecule is CC(C)(C)c1nc(-c2ccccc2F)oc1C(=O)O. The second-order valence-electron chi connectivity index (χ2n) is 5.23. The maximum Gasteiger partial charge on any atom is 0.373 e. The van der Waals surface area contributed by atoms with E-state index < -0.39 is 17.2 Å². The van der Waals surface area contributed by atoms with Gasteiger partial charge in [0.2, 0.25) is 11.7 Å². The first-order valence-corrected chi connectivity index (χ1v) is 5.80. The lowest BCUT2D eigenvalue weighted by Crippen LogP contribution is -2.16. The number of carboxylic acids is 1. The van der Waals surface area contributed by atoms with Crippen molar-refractivity contribution < 1.29 is 18.7 Å². The number of hydrogen-bond acceptors (Lipinski definition) is 3. The van der Waals surface area contributed by atoms with Gasteiger partial charge in [0.25, 0.3) is 0 Å². The van der Waals surface area contributed by atoms with E-state index in [-0.39, 0.29) is 17.2 Å². The van der Waals surface area contributed by atoms with Crippen LogP contribution < -0.4 is 0 Å². The second kappa shape index (κ2) is 4.50. The molecule has 4 nitrogen and oxygen atoms in total. The fourth-order valence-corrected chi connectivity index (χ4v) is 1.72. The van der Waals surface area contributed by atoms with Gasteiger partial charge in [-0.2, -0.15) is 0 Å². The molecule has 0 aliphatic heterocycles. The molecule has 19 heavy (non-hydrogen) atoms. The lowest BCUT2D eigenvalue weighted by molar-refractivity contribution is 0.0659. The van der Waals surface area contributed by atoms with E-state index >= 15 is 0 Å². The molecule has 0 spiro atoms. The van der Waals surface area contributed by atoms with Crippen LogP contribution in [0.5, 0.6) is 0 Å². The molecule has 100 valence electrons. The number of benzene rings is 1. The molecule has 1 heterocycles. The van der Waals surface area contributed by atoms with Crippen LogP contribution in [0.2, 0.25) is 0 Å². The predicted molar refractivity (Wildman–Crippen MR) is 67.6 cm³/mol. The fourth-order valence-electron chi connectivity index (χ4n) is 1.72. The van der Waals surface area contributed by atoms with E-state index in [1.165, 1.54) is 12.1 Å². The molecule has 0 fully saturated rings. The molecule has 0 aliphatic carbocycles. The monoisotopic (exact) mass is 263 g/mol. The maximum atomic E-state index is 13.7. The van der Waals surface area contributed by atoms with Crippen molar-refractivity contribution in [1.29, 1.82) is 0 Å². The van der Waals surface area contributed by atoms with Gasteiger partial charge in [0, 0.05) is 5.41 Å². The molecule has 5 heteroatoms. The van der Waals surface area contributed by atoms with Crippen LogP contribution in [0.3, 0.4) is 0 Å². The minimum absolute atomic E-state index is 0.0135. The third-order valence-electron chi connectivity index (χ3n) is 2.64. The quantitative estimate of drug-likeness (QED) is 0.901. The van der Waals surface area contributed by atoms with Crippen LogP contribution in [0.15, 0.2) is 28.7 Å². The standard InChI is InChI=1S/C14H14FNO3/c1-14(2,3)11-10(13(17)18)19-12(16-11)8-6-4-5-7-9(8)15/h4-7H,1-3H3,(H,17,18). The maximum absolute atomic E-state index is 13.7. The Morgan fingerprint density at radius 1 is 1.32 bits per heavy atom. The molecule has 0 unspecified atom stereocenters. The van der Waals surface area contributed by atoms with Crippen molar-refractivity contribution in [2.75, 3.05) is 0 Å². The minimum Gasteiger partial charge on any atom is -0.475 e. The van der Waals surface area contributed by atoms with Crippen LogP contribution in [0, 0.1) is 5.82 Å². The van der Waals surface area contributed by atoms with Crippen LogP contribution in [0.1, 0.15) is 37.0 Å². The Labute approximate surface area is 109 Å². The summed E-state index contributed by atoms with van der Waals surface area (Å²) in [7, 11) is 0. The first kappa shape index (κ1) is 13.3. The normalized spacial score (nSPS) is 11.6. The highest BCUT2D eigenvalue weighted by Crippen LogP contribution is 2.31. The topological polar surface area (TPSA) is 63.3 Å². The van der Waals surface area contributed by atoms with Crippen molar-refractivity contribution in [2.24, 2.45) is 0 Å². The number of oxazole rings is 1. The van der Waals surface area contributed by atoms with Gasteiger partial charge >= 0.3 is 5.97 Å². The molecule has 2 rings (SSSR count). The number of rotatable bonds is 2. The molecule has 0 saturated carbocycles. The molecular weight excluding hydrogens is 249 g/mol. The van der Waals surface area contributed by atoms with E-state index in [2.05, 4.69) is 4.98 Å². The number of hydrogen-bond donors (Lipinski definition) is 1. The average Bonchev–Trinajstić information content (AvgIpc) is 2.74. The second-order valence-corrected chi connectivity index (χ2v) is 5.23. The van der Waals surface area contributed by atoms with Crippen molar-refractivity contribution in [3.05, 3.63) is 41.5 Å². The average molecular weight is 263 g/mol. The molecule has 0 amide bonds. The van der Waals surface area contributed by atoms with E-state index in [1.807, 2.05) is 20.8 Å². The Hall–Kier alpha value is -2.17. The Bertz CT molecular complexity index is 626. The number of aromatic carboxylic acids is 1. The molecule has 1 aromatic heterocycles. The van der Waals surface area contributed by atoms with Crippen LogP contribution in [0.4, 0.5) is 4.39 Å². The van der Waals surface area contributed by atoms with Gasteiger partial charge in [0.05, 0.1) is 5.56 Å². The van der Waals surface area contributed by atoms with Crippen LogP contribution in [-0.4, -0.2) is 16.1 Å². The Kier molecular flexibility index (Phi) is 3.14. The largest absolute Gasteiger partial charge is 0.475 e. The lowest BCUT2D eigenvalue weighted by Gasteiger charge is -2.14. The Morgan fingerprint density at radius 3 is 2.42 bits per heavy atom. The lowest BCUT2D eigenvalue weighted by atomic mass is 9.91. The summed E-state index contributed by atoms with van der Waals surface area (Å²) in [5.74, 6) is -1.97. The van der Waals surface area contributed by atoms with Crippen molar-refractivity contribution >= 4 is 5.97 Å². The first-order valence-electron chi connectivity index (χ1n) is 5.80. The summed E-state index contributed by atoms with van der Waals surface area (Å²) >= 11 is 0. The Balaban J connectivity index is 2.62. The van der Waals surface area contributed by atoms with Crippen molar-refractivity contribution in [3.63, 3.8) is 0 Å². The number of halogens is 1. The summed E-state index contributed by atoms with van der Waals surface area (Å²) in [6.07, 6.45) is 0.